The number of aryl methyl sites for hydroxylation is 2. The molecule has 0 aliphatic heterocycles. The zero-order chi connectivity index (χ0) is 17.2. The van der Waals surface area contributed by atoms with E-state index in [0.717, 1.165) is 0 Å². The molecule has 0 unspecified atom stereocenters. The monoisotopic (exact) mass is 339 g/mol. The van der Waals surface area contributed by atoms with Crippen molar-refractivity contribution in [1.29, 1.82) is 0 Å². The standard InChI is InChI=1S/C15H18FN3O3S/c1-10-4-5-11(6-13(10)16)8-18-15(20)14-7-12(9-19(14)3)23(21,22)17-2/h4-7,9,17H,8H2,1-3H3,(H,18,20). The van der Waals surface area contributed by atoms with Crippen LogP contribution in [0.5, 0.6) is 0 Å². The molecular weight excluding hydrogens is 321 g/mol. The van der Waals surface area contributed by atoms with E-state index in [9.17, 15) is 17.6 Å². The minimum absolute atomic E-state index is 0.00836. The van der Waals surface area contributed by atoms with Gasteiger partial charge in [0.15, 0.2) is 0 Å². The number of nitrogens with zero attached hydrogens (tertiary/aromatic N) is 1. The Labute approximate surface area is 134 Å². The first-order valence-electron chi connectivity index (χ1n) is 6.87. The van der Waals surface area contributed by atoms with Crippen molar-refractivity contribution in [2.45, 2.75) is 18.4 Å². The quantitative estimate of drug-likeness (QED) is 0.862. The molecule has 0 spiro atoms. The highest BCUT2D eigenvalue weighted by Crippen LogP contribution is 2.14. The maximum atomic E-state index is 13.5. The van der Waals surface area contributed by atoms with E-state index in [4.69, 9.17) is 0 Å². The number of carbonyl (C=O) groups is 1. The topological polar surface area (TPSA) is 80.2 Å². The Balaban J connectivity index is 2.13. The number of carbonyl (C=O) groups excluding carboxylic acids is 1. The van der Waals surface area contributed by atoms with Gasteiger partial charge in [-0.05, 0) is 37.2 Å². The highest BCUT2D eigenvalue weighted by molar-refractivity contribution is 7.89. The number of sulfonamides is 1. The number of benzene rings is 1. The summed E-state index contributed by atoms with van der Waals surface area (Å²) in [5.41, 5.74) is 1.36. The first-order valence-corrected chi connectivity index (χ1v) is 8.36. The largest absolute Gasteiger partial charge is 0.347 e. The Morgan fingerprint density at radius 2 is 2.00 bits per heavy atom. The van der Waals surface area contributed by atoms with Crippen LogP contribution in [0.4, 0.5) is 4.39 Å². The smallest absolute Gasteiger partial charge is 0.268 e. The molecule has 1 amide bonds. The van der Waals surface area contributed by atoms with Gasteiger partial charge in [0.1, 0.15) is 16.4 Å². The van der Waals surface area contributed by atoms with Crippen molar-refractivity contribution in [3.63, 3.8) is 0 Å². The number of hydrogen-bond donors (Lipinski definition) is 2. The van der Waals surface area contributed by atoms with Crippen LogP contribution in [0.1, 0.15) is 21.6 Å². The number of halogens is 1. The van der Waals surface area contributed by atoms with Gasteiger partial charge in [-0.25, -0.2) is 17.5 Å². The molecule has 1 aromatic heterocycles. The summed E-state index contributed by atoms with van der Waals surface area (Å²) in [6.45, 7) is 1.81. The van der Waals surface area contributed by atoms with Crippen LogP contribution in [-0.4, -0.2) is 25.9 Å². The summed E-state index contributed by atoms with van der Waals surface area (Å²) in [7, 11) is -0.733. The average molecular weight is 339 g/mol. The summed E-state index contributed by atoms with van der Waals surface area (Å²) >= 11 is 0. The number of rotatable bonds is 5. The predicted molar refractivity (Wildman–Crippen MR) is 84.0 cm³/mol. The molecule has 23 heavy (non-hydrogen) atoms. The Kier molecular flexibility index (Phi) is 4.86. The zero-order valence-corrected chi connectivity index (χ0v) is 13.9. The highest BCUT2D eigenvalue weighted by atomic mass is 32.2. The van der Waals surface area contributed by atoms with Gasteiger partial charge >= 0.3 is 0 Å². The molecule has 2 aromatic rings. The highest BCUT2D eigenvalue weighted by Gasteiger charge is 2.19. The second-order valence-corrected chi connectivity index (χ2v) is 7.03. The molecule has 0 aliphatic rings. The van der Waals surface area contributed by atoms with Gasteiger partial charge in [-0.15, -0.1) is 0 Å². The molecule has 8 heteroatoms. The molecule has 1 heterocycles. The maximum absolute atomic E-state index is 13.5. The molecule has 0 radical (unpaired) electrons. The van der Waals surface area contributed by atoms with Crippen LogP contribution in [-0.2, 0) is 23.6 Å². The fraction of sp³-hybridized carbons (Fsp3) is 0.267. The van der Waals surface area contributed by atoms with Gasteiger partial charge < -0.3 is 9.88 Å². The maximum Gasteiger partial charge on any atom is 0.268 e. The summed E-state index contributed by atoms with van der Waals surface area (Å²) in [6, 6.07) is 6.01. The van der Waals surface area contributed by atoms with Crippen molar-refractivity contribution in [3.8, 4) is 0 Å². The van der Waals surface area contributed by atoms with E-state index in [1.807, 2.05) is 0 Å². The van der Waals surface area contributed by atoms with Crippen LogP contribution in [0, 0.1) is 12.7 Å². The van der Waals surface area contributed by atoms with Crippen LogP contribution < -0.4 is 10.0 Å². The normalized spacial score (nSPS) is 11.5. The van der Waals surface area contributed by atoms with Crippen LogP contribution in [0.2, 0.25) is 0 Å². The Morgan fingerprint density at radius 1 is 1.30 bits per heavy atom. The van der Waals surface area contributed by atoms with Crippen LogP contribution in [0.3, 0.4) is 0 Å². The second-order valence-electron chi connectivity index (χ2n) is 5.15. The molecule has 1 aromatic carbocycles. The van der Waals surface area contributed by atoms with Crippen molar-refractivity contribution in [3.05, 3.63) is 53.1 Å². The van der Waals surface area contributed by atoms with Crippen LogP contribution in [0.15, 0.2) is 35.4 Å². The molecular formula is C15H18FN3O3S. The van der Waals surface area contributed by atoms with E-state index in [2.05, 4.69) is 10.0 Å². The van der Waals surface area contributed by atoms with Crippen molar-refractivity contribution < 1.29 is 17.6 Å². The second kappa shape index (κ2) is 6.51. The summed E-state index contributed by atoms with van der Waals surface area (Å²) in [5, 5.41) is 2.64. The first kappa shape index (κ1) is 17.2. The third-order valence-corrected chi connectivity index (χ3v) is 4.86. The van der Waals surface area contributed by atoms with Crippen LogP contribution >= 0.6 is 0 Å². The van der Waals surface area contributed by atoms with Crippen molar-refractivity contribution in [2.75, 3.05) is 7.05 Å². The van der Waals surface area contributed by atoms with Gasteiger partial charge in [-0.3, -0.25) is 4.79 Å². The molecule has 0 fully saturated rings. The molecule has 0 aliphatic carbocycles. The summed E-state index contributed by atoms with van der Waals surface area (Å²) in [6.07, 6.45) is 1.35. The fourth-order valence-electron chi connectivity index (χ4n) is 2.04. The molecule has 2 rings (SSSR count). The number of aromatic nitrogens is 1. The van der Waals surface area contributed by atoms with E-state index in [0.29, 0.717) is 11.1 Å². The zero-order valence-electron chi connectivity index (χ0n) is 13.1. The predicted octanol–water partition coefficient (Wildman–Crippen LogP) is 1.31. The minimum atomic E-state index is -3.61. The number of hydrogen-bond acceptors (Lipinski definition) is 3. The SMILES string of the molecule is CNS(=O)(=O)c1cc(C(=O)NCc2ccc(C)c(F)c2)n(C)c1. The molecule has 0 saturated heterocycles. The Hall–Kier alpha value is -2.19. The van der Waals surface area contributed by atoms with E-state index in [1.54, 1.807) is 26.1 Å². The Bertz CT molecular complexity index is 844. The summed E-state index contributed by atoms with van der Waals surface area (Å²) in [4.78, 5) is 12.2. The van der Waals surface area contributed by atoms with Gasteiger partial charge in [0.2, 0.25) is 10.0 Å². The third kappa shape index (κ3) is 3.77. The Morgan fingerprint density at radius 3 is 2.61 bits per heavy atom. The minimum Gasteiger partial charge on any atom is -0.347 e. The first-order chi connectivity index (χ1) is 10.7. The molecule has 0 atom stereocenters. The lowest BCUT2D eigenvalue weighted by Crippen LogP contribution is -2.24. The van der Waals surface area contributed by atoms with Gasteiger partial charge in [0.25, 0.3) is 5.91 Å². The molecule has 124 valence electrons. The van der Waals surface area contributed by atoms with E-state index >= 15 is 0 Å². The number of nitrogens with one attached hydrogen (secondary N) is 2. The van der Waals surface area contributed by atoms with Crippen molar-refractivity contribution in [1.82, 2.24) is 14.6 Å². The van der Waals surface area contributed by atoms with Crippen molar-refractivity contribution >= 4 is 15.9 Å². The lowest BCUT2D eigenvalue weighted by Gasteiger charge is -2.07. The summed E-state index contributed by atoms with van der Waals surface area (Å²) < 4.78 is 40.6. The fourth-order valence-corrected chi connectivity index (χ4v) is 2.84. The average Bonchev–Trinajstić information content (AvgIpc) is 2.91. The molecule has 6 nitrogen and oxygen atoms in total. The summed E-state index contributed by atoms with van der Waals surface area (Å²) in [5.74, 6) is -0.774. The molecule has 0 bridgehead atoms. The van der Waals surface area contributed by atoms with E-state index in [-0.39, 0.29) is 23.0 Å². The van der Waals surface area contributed by atoms with E-state index < -0.39 is 15.9 Å². The van der Waals surface area contributed by atoms with Gasteiger partial charge in [0, 0.05) is 19.8 Å². The van der Waals surface area contributed by atoms with Gasteiger partial charge in [-0.1, -0.05) is 12.1 Å². The molecule has 0 saturated carbocycles. The van der Waals surface area contributed by atoms with E-state index in [1.165, 1.54) is 29.9 Å². The van der Waals surface area contributed by atoms with Gasteiger partial charge in [-0.2, -0.15) is 0 Å². The lowest BCUT2D eigenvalue weighted by molar-refractivity contribution is 0.0942. The van der Waals surface area contributed by atoms with Gasteiger partial charge in [0.05, 0.1) is 0 Å². The lowest BCUT2D eigenvalue weighted by atomic mass is 10.1. The van der Waals surface area contributed by atoms with Crippen molar-refractivity contribution in [2.24, 2.45) is 7.05 Å². The molecule has 2 N–H and O–H groups in total. The third-order valence-electron chi connectivity index (χ3n) is 3.48. The van der Waals surface area contributed by atoms with Crippen LogP contribution in [0.25, 0.3) is 0 Å². The number of amides is 1.